The first kappa shape index (κ1) is 17.3. The second-order valence-electron chi connectivity index (χ2n) is 6.49. The lowest BCUT2D eigenvalue weighted by Gasteiger charge is -2.43. The Kier molecular flexibility index (Phi) is 5.53. The maximum atomic E-state index is 5.09. The SMILES string of the molecule is CN=C(NCc1ccc(OC)nc1)NCC1(c2ccccc2)CCC1. The van der Waals surface area contributed by atoms with Gasteiger partial charge in [0.1, 0.15) is 0 Å². The smallest absolute Gasteiger partial charge is 0.212 e. The number of rotatable bonds is 6. The number of hydrogen-bond donors (Lipinski definition) is 2. The van der Waals surface area contributed by atoms with Gasteiger partial charge in [-0.1, -0.05) is 42.8 Å². The Bertz CT molecular complexity index is 693. The van der Waals surface area contributed by atoms with Gasteiger partial charge in [0.15, 0.2) is 5.96 Å². The first-order chi connectivity index (χ1) is 12.3. The van der Waals surface area contributed by atoms with Gasteiger partial charge in [0.05, 0.1) is 7.11 Å². The molecule has 1 aliphatic rings. The second-order valence-corrected chi connectivity index (χ2v) is 6.49. The predicted octanol–water partition coefficient (Wildman–Crippen LogP) is 2.88. The van der Waals surface area contributed by atoms with E-state index in [1.54, 1.807) is 14.2 Å². The molecule has 0 spiro atoms. The molecule has 1 fully saturated rings. The molecular weight excluding hydrogens is 312 g/mol. The minimum absolute atomic E-state index is 0.237. The zero-order valence-electron chi connectivity index (χ0n) is 15.0. The summed E-state index contributed by atoms with van der Waals surface area (Å²) in [6, 6.07) is 14.7. The summed E-state index contributed by atoms with van der Waals surface area (Å²) in [5, 5.41) is 6.85. The molecule has 1 aromatic heterocycles. The lowest BCUT2D eigenvalue weighted by atomic mass is 9.64. The van der Waals surface area contributed by atoms with Gasteiger partial charge in [-0.15, -0.1) is 0 Å². The fourth-order valence-electron chi connectivity index (χ4n) is 3.26. The van der Waals surface area contributed by atoms with E-state index in [0.29, 0.717) is 12.4 Å². The number of aliphatic imine (C=N–C) groups is 1. The molecule has 132 valence electrons. The van der Waals surface area contributed by atoms with Crippen molar-refractivity contribution in [2.45, 2.75) is 31.2 Å². The first-order valence-electron chi connectivity index (χ1n) is 8.75. The highest BCUT2D eigenvalue weighted by molar-refractivity contribution is 5.79. The van der Waals surface area contributed by atoms with Crippen molar-refractivity contribution in [2.24, 2.45) is 4.99 Å². The van der Waals surface area contributed by atoms with Crippen molar-refractivity contribution in [1.29, 1.82) is 0 Å². The minimum atomic E-state index is 0.237. The Hall–Kier alpha value is -2.56. The Labute approximate surface area is 149 Å². The van der Waals surface area contributed by atoms with Crippen LogP contribution in [-0.2, 0) is 12.0 Å². The van der Waals surface area contributed by atoms with E-state index in [1.807, 2.05) is 18.3 Å². The van der Waals surface area contributed by atoms with E-state index in [4.69, 9.17) is 4.74 Å². The van der Waals surface area contributed by atoms with Gasteiger partial charge in [0, 0.05) is 37.8 Å². The average molecular weight is 338 g/mol. The van der Waals surface area contributed by atoms with Crippen molar-refractivity contribution in [3.8, 4) is 5.88 Å². The van der Waals surface area contributed by atoms with Crippen LogP contribution in [0, 0.1) is 0 Å². The molecule has 0 atom stereocenters. The molecule has 0 saturated heterocycles. The highest BCUT2D eigenvalue weighted by Crippen LogP contribution is 2.43. The van der Waals surface area contributed by atoms with Crippen LogP contribution >= 0.6 is 0 Å². The fourth-order valence-corrected chi connectivity index (χ4v) is 3.26. The van der Waals surface area contributed by atoms with Gasteiger partial charge in [-0.05, 0) is 24.0 Å². The molecular formula is C20H26N4O. The Balaban J connectivity index is 1.55. The van der Waals surface area contributed by atoms with Crippen LogP contribution in [0.5, 0.6) is 5.88 Å². The summed E-state index contributed by atoms with van der Waals surface area (Å²) in [5.41, 5.74) is 2.74. The summed E-state index contributed by atoms with van der Waals surface area (Å²) in [6.45, 7) is 1.58. The molecule has 5 heteroatoms. The highest BCUT2D eigenvalue weighted by atomic mass is 16.5. The predicted molar refractivity (Wildman–Crippen MR) is 101 cm³/mol. The van der Waals surface area contributed by atoms with Gasteiger partial charge in [0.2, 0.25) is 5.88 Å². The van der Waals surface area contributed by atoms with Crippen LogP contribution in [0.1, 0.15) is 30.4 Å². The van der Waals surface area contributed by atoms with Gasteiger partial charge in [-0.3, -0.25) is 4.99 Å². The third kappa shape index (κ3) is 4.10. The lowest BCUT2D eigenvalue weighted by molar-refractivity contribution is 0.244. The molecule has 1 aromatic carbocycles. The molecule has 0 radical (unpaired) electrons. The van der Waals surface area contributed by atoms with E-state index in [9.17, 15) is 0 Å². The van der Waals surface area contributed by atoms with Crippen molar-refractivity contribution in [3.63, 3.8) is 0 Å². The lowest BCUT2D eigenvalue weighted by Crippen LogP contribution is -2.48. The number of aromatic nitrogens is 1. The van der Waals surface area contributed by atoms with Crippen LogP contribution in [0.25, 0.3) is 0 Å². The Morgan fingerprint density at radius 2 is 1.96 bits per heavy atom. The van der Waals surface area contributed by atoms with Crippen molar-refractivity contribution < 1.29 is 4.74 Å². The van der Waals surface area contributed by atoms with Gasteiger partial charge in [-0.2, -0.15) is 0 Å². The third-order valence-corrected chi connectivity index (χ3v) is 4.98. The van der Waals surface area contributed by atoms with Gasteiger partial charge in [0.25, 0.3) is 0 Å². The normalized spacial score (nSPS) is 16.0. The largest absolute Gasteiger partial charge is 0.481 e. The van der Waals surface area contributed by atoms with Crippen LogP contribution in [0.3, 0.4) is 0 Å². The summed E-state index contributed by atoms with van der Waals surface area (Å²) >= 11 is 0. The molecule has 0 unspecified atom stereocenters. The van der Waals surface area contributed by atoms with Crippen LogP contribution in [0.4, 0.5) is 0 Å². The molecule has 25 heavy (non-hydrogen) atoms. The summed E-state index contributed by atoms with van der Waals surface area (Å²) in [4.78, 5) is 8.57. The molecule has 2 aromatic rings. The first-order valence-corrected chi connectivity index (χ1v) is 8.75. The maximum absolute atomic E-state index is 5.09. The number of guanidine groups is 1. The average Bonchev–Trinajstić information content (AvgIpc) is 2.64. The summed E-state index contributed by atoms with van der Waals surface area (Å²) in [6.07, 6.45) is 5.56. The standard InChI is InChI=1S/C20H26N4O/c1-21-19(23-14-16-9-10-18(25-2)22-13-16)24-15-20(11-6-12-20)17-7-4-3-5-8-17/h3-5,7-10,13H,6,11-12,14-15H2,1-2H3,(H2,21,23,24). The van der Waals surface area contributed by atoms with E-state index in [-0.39, 0.29) is 5.41 Å². The Morgan fingerprint density at radius 1 is 1.16 bits per heavy atom. The quantitative estimate of drug-likeness (QED) is 0.628. The molecule has 0 bridgehead atoms. The van der Waals surface area contributed by atoms with E-state index in [1.165, 1.54) is 24.8 Å². The summed E-state index contributed by atoms with van der Waals surface area (Å²) in [5.74, 6) is 1.44. The molecule has 0 aliphatic heterocycles. The number of pyridine rings is 1. The van der Waals surface area contributed by atoms with Gasteiger partial charge >= 0.3 is 0 Å². The van der Waals surface area contributed by atoms with Gasteiger partial charge in [-0.25, -0.2) is 4.98 Å². The number of nitrogens with zero attached hydrogens (tertiary/aromatic N) is 2. The van der Waals surface area contributed by atoms with E-state index in [0.717, 1.165) is 18.1 Å². The zero-order chi connectivity index (χ0) is 17.5. The third-order valence-electron chi connectivity index (χ3n) is 4.98. The van der Waals surface area contributed by atoms with Crippen molar-refractivity contribution in [2.75, 3.05) is 20.7 Å². The maximum Gasteiger partial charge on any atom is 0.212 e. The van der Waals surface area contributed by atoms with Crippen molar-refractivity contribution in [3.05, 3.63) is 59.8 Å². The molecule has 0 amide bonds. The zero-order valence-corrected chi connectivity index (χ0v) is 15.0. The fraction of sp³-hybridized carbons (Fsp3) is 0.400. The van der Waals surface area contributed by atoms with Crippen LogP contribution in [0.15, 0.2) is 53.7 Å². The second kappa shape index (κ2) is 8.01. The summed E-state index contributed by atoms with van der Waals surface area (Å²) < 4.78 is 5.09. The molecule has 1 saturated carbocycles. The number of methoxy groups -OCH3 is 1. The van der Waals surface area contributed by atoms with Crippen LogP contribution in [0.2, 0.25) is 0 Å². The van der Waals surface area contributed by atoms with E-state index < -0.39 is 0 Å². The van der Waals surface area contributed by atoms with E-state index >= 15 is 0 Å². The highest BCUT2D eigenvalue weighted by Gasteiger charge is 2.38. The molecule has 1 aliphatic carbocycles. The topological polar surface area (TPSA) is 58.5 Å². The molecule has 1 heterocycles. The van der Waals surface area contributed by atoms with Crippen LogP contribution < -0.4 is 15.4 Å². The van der Waals surface area contributed by atoms with Gasteiger partial charge < -0.3 is 15.4 Å². The number of nitrogens with one attached hydrogen (secondary N) is 2. The molecule has 3 rings (SSSR count). The van der Waals surface area contributed by atoms with Crippen LogP contribution in [-0.4, -0.2) is 31.6 Å². The Morgan fingerprint density at radius 3 is 2.52 bits per heavy atom. The monoisotopic (exact) mass is 338 g/mol. The molecule has 5 nitrogen and oxygen atoms in total. The molecule has 2 N–H and O–H groups in total. The number of hydrogen-bond acceptors (Lipinski definition) is 3. The van der Waals surface area contributed by atoms with Crippen molar-refractivity contribution >= 4 is 5.96 Å². The summed E-state index contributed by atoms with van der Waals surface area (Å²) in [7, 11) is 3.42. The van der Waals surface area contributed by atoms with Crippen molar-refractivity contribution in [1.82, 2.24) is 15.6 Å². The van der Waals surface area contributed by atoms with E-state index in [2.05, 4.69) is 50.9 Å². The number of benzene rings is 1. The minimum Gasteiger partial charge on any atom is -0.481 e. The number of ether oxygens (including phenoxy) is 1.